The Labute approximate surface area is 56.8 Å². The summed E-state index contributed by atoms with van der Waals surface area (Å²) in [6.45, 7) is 0.838. The molecule has 0 aromatic rings. The maximum Gasteiger partial charge on any atom is 0.417 e. The predicted octanol–water partition coefficient (Wildman–Crippen LogP) is 1.71. The smallest absolute Gasteiger partial charge is 0.380 e. The quantitative estimate of drug-likeness (QED) is 0.609. The Kier molecular flexibility index (Phi) is 1.47. The average molecular weight is 154 g/mol. The molecule has 0 spiro atoms. The molecule has 0 radical (unpaired) electrons. The number of rotatable bonds is 1. The van der Waals surface area contributed by atoms with Crippen LogP contribution in [0.25, 0.3) is 0 Å². The summed E-state index contributed by atoms with van der Waals surface area (Å²) in [5, 5.41) is 8.87. The summed E-state index contributed by atoms with van der Waals surface area (Å²) in [6, 6.07) is 0. The van der Waals surface area contributed by atoms with E-state index in [0.717, 1.165) is 6.92 Å². The molecule has 1 atom stereocenters. The highest BCUT2D eigenvalue weighted by Gasteiger charge is 2.58. The minimum atomic E-state index is -4.46. The van der Waals surface area contributed by atoms with E-state index in [-0.39, 0.29) is 0 Å². The van der Waals surface area contributed by atoms with Crippen LogP contribution < -0.4 is 0 Å². The summed E-state index contributed by atoms with van der Waals surface area (Å²) < 4.78 is 35.6. The van der Waals surface area contributed by atoms with Crippen molar-refractivity contribution in [3.8, 4) is 0 Å². The molecular weight excluding hydrogens is 145 g/mol. The Morgan fingerprint density at radius 1 is 1.30 bits per heavy atom. The molecule has 0 saturated heterocycles. The van der Waals surface area contributed by atoms with Crippen LogP contribution in [0.4, 0.5) is 13.2 Å². The van der Waals surface area contributed by atoms with Crippen LogP contribution in [0.1, 0.15) is 19.8 Å². The molecule has 1 aliphatic carbocycles. The van der Waals surface area contributed by atoms with E-state index in [1.54, 1.807) is 0 Å². The zero-order chi connectivity index (χ0) is 7.99. The Morgan fingerprint density at radius 3 is 1.80 bits per heavy atom. The van der Waals surface area contributed by atoms with Crippen molar-refractivity contribution < 1.29 is 18.3 Å². The topological polar surface area (TPSA) is 20.2 Å². The van der Waals surface area contributed by atoms with Gasteiger partial charge in [-0.15, -0.1) is 0 Å². The Morgan fingerprint density at radius 2 is 1.70 bits per heavy atom. The van der Waals surface area contributed by atoms with E-state index in [1.165, 1.54) is 0 Å². The molecule has 10 heavy (non-hydrogen) atoms. The highest BCUT2D eigenvalue weighted by Crippen LogP contribution is 2.47. The highest BCUT2D eigenvalue weighted by atomic mass is 19.4. The van der Waals surface area contributed by atoms with Crippen LogP contribution >= 0.6 is 0 Å². The second-order valence-corrected chi connectivity index (χ2v) is 2.92. The fourth-order valence-corrected chi connectivity index (χ4v) is 0.877. The van der Waals surface area contributed by atoms with E-state index in [1.807, 2.05) is 0 Å². The van der Waals surface area contributed by atoms with Crippen LogP contribution in [0.15, 0.2) is 0 Å². The number of hydrogen-bond acceptors (Lipinski definition) is 1. The van der Waals surface area contributed by atoms with Gasteiger partial charge in [0.15, 0.2) is 5.60 Å². The normalized spacial score (nSPS) is 26.1. The lowest BCUT2D eigenvalue weighted by Gasteiger charge is -2.25. The molecule has 0 unspecified atom stereocenters. The number of hydrogen-bond donors (Lipinski definition) is 1. The van der Waals surface area contributed by atoms with Gasteiger partial charge in [-0.2, -0.15) is 13.2 Å². The maximum absolute atomic E-state index is 11.9. The van der Waals surface area contributed by atoms with E-state index in [4.69, 9.17) is 5.11 Å². The van der Waals surface area contributed by atoms with Crippen molar-refractivity contribution in [3.05, 3.63) is 0 Å². The lowest BCUT2D eigenvalue weighted by molar-refractivity contribution is -0.260. The van der Waals surface area contributed by atoms with Gasteiger partial charge in [-0.1, -0.05) is 0 Å². The van der Waals surface area contributed by atoms with Gasteiger partial charge in [0.2, 0.25) is 0 Å². The molecule has 1 aliphatic rings. The van der Waals surface area contributed by atoms with Crippen molar-refractivity contribution in [1.29, 1.82) is 0 Å². The lowest BCUT2D eigenvalue weighted by Crippen LogP contribution is -2.44. The first-order chi connectivity index (χ1) is 4.36. The van der Waals surface area contributed by atoms with Crippen LogP contribution in [0, 0.1) is 5.92 Å². The van der Waals surface area contributed by atoms with Gasteiger partial charge in [-0.3, -0.25) is 0 Å². The van der Waals surface area contributed by atoms with Gasteiger partial charge in [-0.05, 0) is 25.7 Å². The van der Waals surface area contributed by atoms with Gasteiger partial charge in [0.1, 0.15) is 0 Å². The van der Waals surface area contributed by atoms with Crippen LogP contribution in [0.2, 0.25) is 0 Å². The van der Waals surface area contributed by atoms with Gasteiger partial charge in [0.25, 0.3) is 0 Å². The molecular formula is C6H9F3O. The summed E-state index contributed by atoms with van der Waals surface area (Å²) in [5.74, 6) is -0.563. The molecule has 1 N–H and O–H groups in total. The zero-order valence-corrected chi connectivity index (χ0v) is 5.57. The summed E-state index contributed by atoms with van der Waals surface area (Å²) in [7, 11) is 0. The fraction of sp³-hybridized carbons (Fsp3) is 1.00. The van der Waals surface area contributed by atoms with Crippen molar-refractivity contribution in [3.63, 3.8) is 0 Å². The van der Waals surface area contributed by atoms with Crippen molar-refractivity contribution in [1.82, 2.24) is 0 Å². The van der Waals surface area contributed by atoms with E-state index < -0.39 is 17.7 Å². The van der Waals surface area contributed by atoms with Gasteiger partial charge >= 0.3 is 6.18 Å². The Hall–Kier alpha value is -0.250. The second-order valence-electron chi connectivity index (χ2n) is 2.92. The number of aliphatic hydroxyl groups is 1. The van der Waals surface area contributed by atoms with Crippen molar-refractivity contribution in [2.75, 3.05) is 0 Å². The monoisotopic (exact) mass is 154 g/mol. The summed E-state index contributed by atoms with van der Waals surface area (Å²) in [4.78, 5) is 0. The molecule has 4 heteroatoms. The molecule has 0 amide bonds. The van der Waals surface area contributed by atoms with Crippen LogP contribution in [0.3, 0.4) is 0 Å². The number of halogens is 3. The molecule has 0 bridgehead atoms. The first-order valence-corrected chi connectivity index (χ1v) is 3.15. The van der Waals surface area contributed by atoms with Gasteiger partial charge in [0, 0.05) is 0 Å². The third-order valence-electron chi connectivity index (χ3n) is 1.95. The average Bonchev–Trinajstić information content (AvgIpc) is 2.38. The Bertz CT molecular complexity index is 134. The molecule has 1 saturated carbocycles. The van der Waals surface area contributed by atoms with Gasteiger partial charge in [0.05, 0.1) is 0 Å². The minimum Gasteiger partial charge on any atom is -0.380 e. The van der Waals surface area contributed by atoms with Gasteiger partial charge in [-0.25, -0.2) is 0 Å². The maximum atomic E-state index is 11.9. The molecule has 1 nitrogen and oxygen atoms in total. The largest absolute Gasteiger partial charge is 0.417 e. The highest BCUT2D eigenvalue weighted by molar-refractivity contribution is 4.96. The first-order valence-electron chi connectivity index (χ1n) is 3.15. The van der Waals surface area contributed by atoms with E-state index in [9.17, 15) is 13.2 Å². The minimum absolute atomic E-state index is 0.493. The lowest BCUT2D eigenvalue weighted by atomic mass is 10.0. The summed E-state index contributed by atoms with van der Waals surface area (Å²) >= 11 is 0. The second kappa shape index (κ2) is 1.87. The number of alkyl halides is 3. The van der Waals surface area contributed by atoms with Crippen molar-refractivity contribution >= 4 is 0 Å². The third-order valence-corrected chi connectivity index (χ3v) is 1.95. The summed E-state index contributed by atoms with van der Waals surface area (Å²) in [6.07, 6.45) is -3.48. The van der Waals surface area contributed by atoms with E-state index in [2.05, 4.69) is 0 Å². The third kappa shape index (κ3) is 1.12. The first kappa shape index (κ1) is 7.85. The molecule has 0 aromatic heterocycles. The Balaban J connectivity index is 2.66. The van der Waals surface area contributed by atoms with E-state index >= 15 is 0 Å². The molecule has 0 aromatic carbocycles. The zero-order valence-electron chi connectivity index (χ0n) is 5.57. The van der Waals surface area contributed by atoms with Gasteiger partial charge < -0.3 is 5.11 Å². The standard InChI is InChI=1S/C6H9F3O/c1-5(10,4-2-3-4)6(7,8)9/h4,10H,2-3H2,1H3/t5-/m0/s1. The molecule has 1 rings (SSSR count). The molecule has 0 heterocycles. The molecule has 0 aliphatic heterocycles. The predicted molar refractivity (Wildman–Crippen MR) is 29.4 cm³/mol. The molecule has 60 valence electrons. The van der Waals surface area contributed by atoms with Crippen molar-refractivity contribution in [2.45, 2.75) is 31.5 Å². The van der Waals surface area contributed by atoms with Crippen molar-refractivity contribution in [2.24, 2.45) is 5.92 Å². The van der Waals surface area contributed by atoms with Crippen LogP contribution in [-0.2, 0) is 0 Å². The van der Waals surface area contributed by atoms with E-state index in [0.29, 0.717) is 12.8 Å². The molecule has 1 fully saturated rings. The summed E-state index contributed by atoms with van der Waals surface area (Å²) in [5.41, 5.74) is -2.45. The van der Waals surface area contributed by atoms with Crippen LogP contribution in [0.5, 0.6) is 0 Å². The SMILES string of the molecule is C[C@](O)(C1CC1)C(F)(F)F. The fourth-order valence-electron chi connectivity index (χ4n) is 0.877. The van der Waals surface area contributed by atoms with Crippen LogP contribution in [-0.4, -0.2) is 16.9 Å².